The Hall–Kier alpha value is -0.570. The van der Waals surface area contributed by atoms with Crippen LogP contribution in [0.4, 0.5) is 0 Å². The maximum absolute atomic E-state index is 11.9. The molecule has 1 N–H and O–H groups in total. The number of likely N-dealkylation sites (tertiary alicyclic amines) is 1. The SMILES string of the molecule is CNCC(C1CC1)C1CCN(C)C1=O. The van der Waals surface area contributed by atoms with Gasteiger partial charge in [0.2, 0.25) is 5.91 Å². The molecular weight excluding hydrogens is 176 g/mol. The number of amides is 1. The van der Waals surface area contributed by atoms with E-state index in [9.17, 15) is 4.79 Å². The van der Waals surface area contributed by atoms with Crippen LogP contribution in [0.5, 0.6) is 0 Å². The first-order valence-electron chi connectivity index (χ1n) is 5.63. The third-order valence-electron chi connectivity index (χ3n) is 3.65. The van der Waals surface area contributed by atoms with E-state index in [1.54, 1.807) is 0 Å². The van der Waals surface area contributed by atoms with Crippen LogP contribution in [0, 0.1) is 17.8 Å². The van der Waals surface area contributed by atoms with E-state index in [-0.39, 0.29) is 0 Å². The average molecular weight is 196 g/mol. The fourth-order valence-corrected chi connectivity index (χ4v) is 2.64. The molecule has 14 heavy (non-hydrogen) atoms. The molecular formula is C11H20N2O. The first-order valence-corrected chi connectivity index (χ1v) is 5.63. The van der Waals surface area contributed by atoms with Gasteiger partial charge in [0, 0.05) is 19.5 Å². The summed E-state index contributed by atoms with van der Waals surface area (Å²) >= 11 is 0. The molecule has 1 amide bonds. The van der Waals surface area contributed by atoms with Crippen LogP contribution in [-0.2, 0) is 4.79 Å². The number of carbonyl (C=O) groups excluding carboxylic acids is 1. The second-order valence-electron chi connectivity index (χ2n) is 4.71. The summed E-state index contributed by atoms with van der Waals surface area (Å²) in [5, 5.41) is 3.23. The van der Waals surface area contributed by atoms with Gasteiger partial charge in [0.1, 0.15) is 0 Å². The minimum atomic E-state index is 0.306. The molecule has 0 spiro atoms. The molecule has 0 aromatic heterocycles. The van der Waals surface area contributed by atoms with E-state index in [0.717, 1.165) is 25.4 Å². The number of nitrogens with zero attached hydrogens (tertiary/aromatic N) is 1. The summed E-state index contributed by atoms with van der Waals surface area (Å²) in [5.74, 6) is 2.09. The van der Waals surface area contributed by atoms with Gasteiger partial charge in [-0.1, -0.05) is 0 Å². The molecule has 1 saturated carbocycles. The van der Waals surface area contributed by atoms with Crippen LogP contribution in [0.3, 0.4) is 0 Å². The Morgan fingerprint density at radius 3 is 2.64 bits per heavy atom. The van der Waals surface area contributed by atoms with Gasteiger partial charge in [-0.2, -0.15) is 0 Å². The molecule has 1 aliphatic carbocycles. The van der Waals surface area contributed by atoms with Crippen molar-refractivity contribution in [2.24, 2.45) is 17.8 Å². The number of carbonyl (C=O) groups is 1. The summed E-state index contributed by atoms with van der Waals surface area (Å²) in [6.45, 7) is 1.96. The van der Waals surface area contributed by atoms with E-state index in [4.69, 9.17) is 0 Å². The number of hydrogen-bond acceptors (Lipinski definition) is 2. The van der Waals surface area contributed by atoms with Gasteiger partial charge in [-0.05, 0) is 44.7 Å². The number of rotatable bonds is 4. The lowest BCUT2D eigenvalue weighted by Gasteiger charge is -2.21. The normalized spacial score (nSPS) is 29.7. The topological polar surface area (TPSA) is 32.3 Å². The lowest BCUT2D eigenvalue weighted by Crippen LogP contribution is -2.33. The van der Waals surface area contributed by atoms with E-state index >= 15 is 0 Å². The fourth-order valence-electron chi connectivity index (χ4n) is 2.64. The Labute approximate surface area is 85.8 Å². The van der Waals surface area contributed by atoms with E-state index in [1.807, 2.05) is 19.0 Å². The molecule has 2 aliphatic rings. The summed E-state index contributed by atoms with van der Waals surface area (Å²) in [5.41, 5.74) is 0. The Balaban J connectivity index is 1.99. The van der Waals surface area contributed by atoms with Crippen LogP contribution in [-0.4, -0.2) is 38.0 Å². The standard InChI is InChI=1S/C11H20N2O/c1-12-7-10(8-3-4-8)9-5-6-13(2)11(9)14/h8-10,12H,3-7H2,1-2H3. The Bertz CT molecular complexity index is 225. The first kappa shape index (κ1) is 9.97. The first-order chi connectivity index (χ1) is 6.74. The molecule has 0 radical (unpaired) electrons. The molecule has 2 rings (SSSR count). The van der Waals surface area contributed by atoms with Crippen LogP contribution in [0.1, 0.15) is 19.3 Å². The van der Waals surface area contributed by atoms with Gasteiger partial charge in [0.15, 0.2) is 0 Å². The van der Waals surface area contributed by atoms with Crippen molar-refractivity contribution < 1.29 is 4.79 Å². The van der Waals surface area contributed by atoms with Gasteiger partial charge in [0.05, 0.1) is 0 Å². The Morgan fingerprint density at radius 2 is 2.21 bits per heavy atom. The van der Waals surface area contributed by atoms with Crippen molar-refractivity contribution in [1.29, 1.82) is 0 Å². The van der Waals surface area contributed by atoms with Crippen LogP contribution in [0.15, 0.2) is 0 Å². The fraction of sp³-hybridized carbons (Fsp3) is 0.909. The minimum absolute atomic E-state index is 0.306. The quantitative estimate of drug-likeness (QED) is 0.718. The van der Waals surface area contributed by atoms with Crippen LogP contribution in [0.25, 0.3) is 0 Å². The molecule has 2 atom stereocenters. The molecule has 2 fully saturated rings. The highest BCUT2D eigenvalue weighted by atomic mass is 16.2. The van der Waals surface area contributed by atoms with E-state index in [1.165, 1.54) is 12.8 Å². The van der Waals surface area contributed by atoms with E-state index < -0.39 is 0 Å². The highest BCUT2D eigenvalue weighted by molar-refractivity contribution is 5.81. The largest absolute Gasteiger partial charge is 0.345 e. The van der Waals surface area contributed by atoms with Gasteiger partial charge >= 0.3 is 0 Å². The van der Waals surface area contributed by atoms with Crippen molar-refractivity contribution in [3.63, 3.8) is 0 Å². The van der Waals surface area contributed by atoms with Crippen molar-refractivity contribution in [2.75, 3.05) is 27.2 Å². The lowest BCUT2D eigenvalue weighted by atomic mass is 9.87. The van der Waals surface area contributed by atoms with Gasteiger partial charge in [-0.15, -0.1) is 0 Å². The maximum atomic E-state index is 11.9. The van der Waals surface area contributed by atoms with Gasteiger partial charge < -0.3 is 10.2 Å². The number of nitrogens with one attached hydrogen (secondary N) is 1. The summed E-state index contributed by atoms with van der Waals surface area (Å²) in [7, 11) is 3.91. The Morgan fingerprint density at radius 1 is 1.50 bits per heavy atom. The zero-order valence-corrected chi connectivity index (χ0v) is 9.12. The minimum Gasteiger partial charge on any atom is -0.345 e. The number of hydrogen-bond donors (Lipinski definition) is 1. The van der Waals surface area contributed by atoms with Crippen LogP contribution < -0.4 is 5.32 Å². The molecule has 3 heteroatoms. The summed E-state index contributed by atoms with van der Waals surface area (Å²) in [6, 6.07) is 0. The average Bonchev–Trinajstić information content (AvgIpc) is 2.94. The third kappa shape index (κ3) is 1.78. The highest BCUT2D eigenvalue weighted by Crippen LogP contribution is 2.43. The molecule has 0 aromatic rings. The van der Waals surface area contributed by atoms with Crippen molar-refractivity contribution in [2.45, 2.75) is 19.3 Å². The van der Waals surface area contributed by atoms with Gasteiger partial charge in [-0.3, -0.25) is 4.79 Å². The lowest BCUT2D eigenvalue weighted by molar-refractivity contribution is -0.131. The van der Waals surface area contributed by atoms with Crippen molar-refractivity contribution >= 4 is 5.91 Å². The highest BCUT2D eigenvalue weighted by Gasteiger charge is 2.42. The van der Waals surface area contributed by atoms with E-state index in [2.05, 4.69) is 5.32 Å². The maximum Gasteiger partial charge on any atom is 0.225 e. The Kier molecular flexibility index (Phi) is 2.77. The molecule has 2 unspecified atom stereocenters. The third-order valence-corrected chi connectivity index (χ3v) is 3.65. The predicted octanol–water partition coefficient (Wildman–Crippen LogP) is 0.710. The van der Waals surface area contributed by atoms with Gasteiger partial charge in [0.25, 0.3) is 0 Å². The smallest absolute Gasteiger partial charge is 0.225 e. The molecule has 0 bridgehead atoms. The van der Waals surface area contributed by atoms with Crippen molar-refractivity contribution in [1.82, 2.24) is 10.2 Å². The van der Waals surface area contributed by atoms with Gasteiger partial charge in [-0.25, -0.2) is 0 Å². The molecule has 3 nitrogen and oxygen atoms in total. The summed E-state index contributed by atoms with van der Waals surface area (Å²) in [6.07, 6.45) is 3.73. The summed E-state index contributed by atoms with van der Waals surface area (Å²) in [4.78, 5) is 13.7. The zero-order valence-electron chi connectivity index (χ0n) is 9.12. The summed E-state index contributed by atoms with van der Waals surface area (Å²) < 4.78 is 0. The van der Waals surface area contributed by atoms with Crippen LogP contribution >= 0.6 is 0 Å². The zero-order chi connectivity index (χ0) is 10.1. The van der Waals surface area contributed by atoms with Crippen LogP contribution in [0.2, 0.25) is 0 Å². The molecule has 0 aromatic carbocycles. The predicted molar refractivity (Wildman–Crippen MR) is 55.9 cm³/mol. The van der Waals surface area contributed by atoms with Crippen molar-refractivity contribution in [3.8, 4) is 0 Å². The van der Waals surface area contributed by atoms with E-state index in [0.29, 0.717) is 17.7 Å². The monoisotopic (exact) mass is 196 g/mol. The molecule has 80 valence electrons. The molecule has 1 aliphatic heterocycles. The van der Waals surface area contributed by atoms with Crippen molar-refractivity contribution in [3.05, 3.63) is 0 Å². The molecule has 1 heterocycles. The second-order valence-corrected chi connectivity index (χ2v) is 4.71. The molecule has 1 saturated heterocycles. The second kappa shape index (κ2) is 3.89.